The van der Waals surface area contributed by atoms with Crippen molar-refractivity contribution in [3.63, 3.8) is 0 Å². The van der Waals surface area contributed by atoms with Crippen molar-refractivity contribution in [2.75, 3.05) is 0 Å². The number of aromatic nitrogens is 2. The molecule has 0 bridgehead atoms. The topological polar surface area (TPSA) is 8.81 Å². The van der Waals surface area contributed by atoms with E-state index in [1.807, 2.05) is 0 Å². The largest absolute Gasteiger partial charge is 0.261 e. The second kappa shape index (κ2) is 18.9. The standard InChI is InChI=1S/C37H57N2/c1-4-6-8-10-12-14-22-28-38-32-36(30-33(3)35-26-20-17-21-27-35)39(29-23-15-13-11-9-7-5-2)37(38)31-34-24-18-16-19-25-34/h16-21,24-27,32-33H,4-15,22-23,28-31H2,1-3H3/q+1. The van der Waals surface area contributed by atoms with E-state index in [2.05, 4.69) is 96.8 Å². The van der Waals surface area contributed by atoms with E-state index in [-0.39, 0.29) is 0 Å². The molecule has 0 aliphatic rings. The van der Waals surface area contributed by atoms with Gasteiger partial charge in [0.1, 0.15) is 11.9 Å². The molecule has 3 aromatic rings. The summed E-state index contributed by atoms with van der Waals surface area (Å²) >= 11 is 0. The lowest BCUT2D eigenvalue weighted by atomic mass is 9.96. The molecule has 0 saturated carbocycles. The molecule has 1 unspecified atom stereocenters. The maximum Gasteiger partial charge on any atom is 0.261 e. The summed E-state index contributed by atoms with van der Waals surface area (Å²) in [4.78, 5) is 0. The van der Waals surface area contributed by atoms with Crippen LogP contribution in [0.1, 0.15) is 139 Å². The summed E-state index contributed by atoms with van der Waals surface area (Å²) in [5.41, 5.74) is 4.39. The average molecular weight is 530 g/mol. The molecular weight excluding hydrogens is 472 g/mol. The van der Waals surface area contributed by atoms with Crippen LogP contribution in [0.5, 0.6) is 0 Å². The first-order valence-corrected chi connectivity index (χ1v) is 16.4. The first-order chi connectivity index (χ1) is 19.2. The Labute approximate surface area is 240 Å². The van der Waals surface area contributed by atoms with Gasteiger partial charge in [-0.25, -0.2) is 9.13 Å². The van der Waals surface area contributed by atoms with Gasteiger partial charge in [-0.05, 0) is 42.7 Å². The van der Waals surface area contributed by atoms with Crippen LogP contribution in [0.25, 0.3) is 0 Å². The molecule has 214 valence electrons. The Morgan fingerprint density at radius 1 is 0.641 bits per heavy atom. The van der Waals surface area contributed by atoms with Crippen LogP contribution >= 0.6 is 0 Å². The van der Waals surface area contributed by atoms with Crippen LogP contribution in [0.4, 0.5) is 0 Å². The fraction of sp³-hybridized carbons (Fsp3) is 0.595. The maximum absolute atomic E-state index is 2.72. The summed E-state index contributed by atoms with van der Waals surface area (Å²) in [6.07, 6.45) is 23.7. The van der Waals surface area contributed by atoms with Crippen LogP contribution in [-0.4, -0.2) is 4.57 Å². The lowest BCUT2D eigenvalue weighted by molar-refractivity contribution is -0.710. The minimum atomic E-state index is 0.519. The van der Waals surface area contributed by atoms with E-state index in [1.165, 1.54) is 113 Å². The van der Waals surface area contributed by atoms with Gasteiger partial charge < -0.3 is 0 Å². The number of benzene rings is 2. The number of aryl methyl sites for hydroxylation is 1. The zero-order chi connectivity index (χ0) is 27.5. The highest BCUT2D eigenvalue weighted by Gasteiger charge is 2.25. The molecule has 0 aliphatic carbocycles. The van der Waals surface area contributed by atoms with Gasteiger partial charge in [0.05, 0.1) is 19.5 Å². The van der Waals surface area contributed by atoms with Gasteiger partial charge in [-0.3, -0.25) is 0 Å². The lowest BCUT2D eigenvalue weighted by Gasteiger charge is -2.12. The van der Waals surface area contributed by atoms with E-state index in [0.29, 0.717) is 5.92 Å². The van der Waals surface area contributed by atoms with Crippen molar-refractivity contribution in [3.8, 4) is 0 Å². The van der Waals surface area contributed by atoms with Crippen LogP contribution in [0.2, 0.25) is 0 Å². The number of unbranched alkanes of at least 4 members (excludes halogenated alkanes) is 12. The molecule has 1 aromatic heterocycles. The van der Waals surface area contributed by atoms with Gasteiger partial charge in [-0.15, -0.1) is 0 Å². The molecule has 2 heteroatoms. The van der Waals surface area contributed by atoms with Crippen molar-refractivity contribution in [2.24, 2.45) is 0 Å². The monoisotopic (exact) mass is 529 g/mol. The van der Waals surface area contributed by atoms with Crippen LogP contribution < -0.4 is 4.57 Å². The molecule has 0 spiro atoms. The Morgan fingerprint density at radius 3 is 1.79 bits per heavy atom. The molecule has 0 saturated heterocycles. The van der Waals surface area contributed by atoms with Gasteiger partial charge in [-0.1, -0.05) is 146 Å². The van der Waals surface area contributed by atoms with Crippen LogP contribution in [0.15, 0.2) is 66.9 Å². The molecule has 0 amide bonds. The van der Waals surface area contributed by atoms with E-state index in [1.54, 1.807) is 0 Å². The molecule has 0 fully saturated rings. The zero-order valence-corrected chi connectivity index (χ0v) is 25.6. The van der Waals surface area contributed by atoms with Gasteiger partial charge in [0, 0.05) is 6.42 Å². The number of hydrogen-bond donors (Lipinski definition) is 0. The Morgan fingerprint density at radius 2 is 1.18 bits per heavy atom. The van der Waals surface area contributed by atoms with Crippen molar-refractivity contribution in [1.29, 1.82) is 0 Å². The molecule has 39 heavy (non-hydrogen) atoms. The average Bonchev–Trinajstić information content (AvgIpc) is 3.28. The molecule has 0 radical (unpaired) electrons. The SMILES string of the molecule is CCCCCCCCCn1cc(CC(C)c2ccccc2)[n+](CCCCCCCCC)c1Cc1ccccc1. The number of rotatable bonds is 21. The second-order valence-corrected chi connectivity index (χ2v) is 11.8. The molecular formula is C37H57N2+. The fourth-order valence-electron chi connectivity index (χ4n) is 5.93. The van der Waals surface area contributed by atoms with E-state index in [4.69, 9.17) is 0 Å². The van der Waals surface area contributed by atoms with Crippen molar-refractivity contribution in [2.45, 2.75) is 143 Å². The predicted octanol–water partition coefficient (Wildman–Crippen LogP) is 10.2. The number of hydrogen-bond acceptors (Lipinski definition) is 0. The lowest BCUT2D eigenvalue weighted by Crippen LogP contribution is -2.41. The number of nitrogens with zero attached hydrogens (tertiary/aromatic N) is 2. The van der Waals surface area contributed by atoms with Gasteiger partial charge in [-0.2, -0.15) is 0 Å². The van der Waals surface area contributed by atoms with E-state index in [0.717, 1.165) is 25.9 Å². The summed E-state index contributed by atoms with van der Waals surface area (Å²) in [5, 5.41) is 0. The van der Waals surface area contributed by atoms with Crippen molar-refractivity contribution in [1.82, 2.24) is 4.57 Å². The van der Waals surface area contributed by atoms with E-state index < -0.39 is 0 Å². The minimum absolute atomic E-state index is 0.519. The second-order valence-electron chi connectivity index (χ2n) is 11.8. The minimum Gasteiger partial charge on any atom is -0.234 e. The Kier molecular flexibility index (Phi) is 15.1. The first kappa shape index (κ1) is 31.2. The highest BCUT2D eigenvalue weighted by atomic mass is 15.2. The normalized spacial score (nSPS) is 12.2. The Hall–Kier alpha value is -2.35. The highest BCUT2D eigenvalue weighted by Crippen LogP contribution is 2.21. The van der Waals surface area contributed by atoms with E-state index >= 15 is 0 Å². The van der Waals surface area contributed by atoms with Gasteiger partial charge in [0.15, 0.2) is 0 Å². The number of imidazole rings is 1. The molecule has 0 N–H and O–H groups in total. The summed E-state index contributed by atoms with van der Waals surface area (Å²) in [6.45, 7) is 9.31. The summed E-state index contributed by atoms with van der Waals surface area (Å²) < 4.78 is 5.35. The third-order valence-corrected chi connectivity index (χ3v) is 8.37. The molecule has 0 aliphatic heterocycles. The predicted molar refractivity (Wildman–Crippen MR) is 168 cm³/mol. The van der Waals surface area contributed by atoms with Crippen LogP contribution in [-0.2, 0) is 25.9 Å². The summed E-state index contributed by atoms with van der Waals surface area (Å²) in [5.74, 6) is 2.03. The smallest absolute Gasteiger partial charge is 0.234 e. The maximum atomic E-state index is 2.72. The van der Waals surface area contributed by atoms with Crippen LogP contribution in [0.3, 0.4) is 0 Å². The summed E-state index contributed by atoms with van der Waals surface area (Å²) in [6, 6.07) is 22.2. The van der Waals surface area contributed by atoms with Crippen molar-refractivity contribution < 1.29 is 4.57 Å². The highest BCUT2D eigenvalue weighted by molar-refractivity contribution is 5.21. The van der Waals surface area contributed by atoms with E-state index in [9.17, 15) is 0 Å². The molecule has 2 nitrogen and oxygen atoms in total. The van der Waals surface area contributed by atoms with Crippen molar-refractivity contribution >= 4 is 0 Å². The first-order valence-electron chi connectivity index (χ1n) is 16.4. The molecule has 2 aromatic carbocycles. The third kappa shape index (κ3) is 11.3. The van der Waals surface area contributed by atoms with Gasteiger partial charge >= 0.3 is 0 Å². The van der Waals surface area contributed by atoms with Crippen LogP contribution in [0, 0.1) is 0 Å². The molecule has 1 atom stereocenters. The fourth-order valence-corrected chi connectivity index (χ4v) is 5.93. The summed E-state index contributed by atoms with van der Waals surface area (Å²) in [7, 11) is 0. The van der Waals surface area contributed by atoms with Crippen molar-refractivity contribution in [3.05, 3.63) is 89.5 Å². The Bertz CT molecular complexity index is 1000. The Balaban J connectivity index is 1.77. The quantitative estimate of drug-likeness (QED) is 0.0958. The van der Waals surface area contributed by atoms with Gasteiger partial charge in [0.25, 0.3) is 5.82 Å². The molecule has 3 rings (SSSR count). The molecule has 1 heterocycles. The third-order valence-electron chi connectivity index (χ3n) is 8.37. The van der Waals surface area contributed by atoms with Gasteiger partial charge in [0.2, 0.25) is 0 Å². The zero-order valence-electron chi connectivity index (χ0n) is 25.6.